The van der Waals surface area contributed by atoms with Crippen LogP contribution in [0.1, 0.15) is 5.56 Å². The van der Waals surface area contributed by atoms with Crippen molar-refractivity contribution in [3.8, 4) is 6.07 Å². The second-order valence-corrected chi connectivity index (χ2v) is 1.72. The first-order valence-electron chi connectivity index (χ1n) is 2.55. The molecule has 50 valence electrons. The molecule has 1 aromatic rings. The minimum absolute atomic E-state index is 0.0246. The van der Waals surface area contributed by atoms with E-state index in [1.807, 2.05) is 0 Å². The van der Waals surface area contributed by atoms with E-state index in [4.69, 9.17) is 11.0 Å². The van der Waals surface area contributed by atoms with Gasteiger partial charge >= 0.3 is 0 Å². The van der Waals surface area contributed by atoms with E-state index in [2.05, 4.69) is 4.98 Å². The van der Waals surface area contributed by atoms with Gasteiger partial charge in [0, 0.05) is 6.07 Å². The van der Waals surface area contributed by atoms with E-state index in [1.165, 1.54) is 6.07 Å². The van der Waals surface area contributed by atoms with Crippen LogP contribution >= 0.6 is 0 Å². The molecule has 0 bridgehead atoms. The Morgan fingerprint density at radius 2 is 2.30 bits per heavy atom. The van der Waals surface area contributed by atoms with Crippen molar-refractivity contribution in [2.45, 2.75) is 0 Å². The lowest BCUT2D eigenvalue weighted by Gasteiger charge is -1.91. The van der Waals surface area contributed by atoms with Crippen LogP contribution < -0.4 is 5.73 Å². The van der Waals surface area contributed by atoms with Crippen LogP contribution in [0.25, 0.3) is 0 Å². The molecule has 0 saturated heterocycles. The van der Waals surface area contributed by atoms with Crippen LogP contribution in [0.3, 0.4) is 0 Å². The van der Waals surface area contributed by atoms with Gasteiger partial charge in [-0.3, -0.25) is 0 Å². The molecule has 0 aromatic carbocycles. The van der Waals surface area contributed by atoms with Crippen molar-refractivity contribution in [3.63, 3.8) is 0 Å². The average molecular weight is 137 g/mol. The minimum Gasteiger partial charge on any atom is -0.384 e. The number of pyridine rings is 1. The monoisotopic (exact) mass is 137 g/mol. The topological polar surface area (TPSA) is 62.7 Å². The third-order valence-electron chi connectivity index (χ3n) is 0.943. The highest BCUT2D eigenvalue weighted by atomic mass is 19.1. The molecule has 0 radical (unpaired) electrons. The fourth-order valence-electron chi connectivity index (χ4n) is 0.582. The molecule has 10 heavy (non-hydrogen) atoms. The number of nitriles is 1. The summed E-state index contributed by atoms with van der Waals surface area (Å²) in [6.07, 6.45) is 0. The fourth-order valence-corrected chi connectivity index (χ4v) is 0.582. The van der Waals surface area contributed by atoms with Gasteiger partial charge in [-0.1, -0.05) is 0 Å². The van der Waals surface area contributed by atoms with Crippen LogP contribution in [0.15, 0.2) is 12.1 Å². The van der Waals surface area contributed by atoms with Gasteiger partial charge in [0.25, 0.3) is 0 Å². The summed E-state index contributed by atoms with van der Waals surface area (Å²) >= 11 is 0. The van der Waals surface area contributed by atoms with Gasteiger partial charge in [0.2, 0.25) is 5.95 Å². The summed E-state index contributed by atoms with van der Waals surface area (Å²) in [6.45, 7) is 0. The average Bonchev–Trinajstić information content (AvgIpc) is 1.85. The Bertz CT molecular complexity index is 269. The molecular weight excluding hydrogens is 133 g/mol. The van der Waals surface area contributed by atoms with Gasteiger partial charge in [-0.25, -0.2) is 4.98 Å². The number of halogens is 1. The Kier molecular flexibility index (Phi) is 1.50. The van der Waals surface area contributed by atoms with Crippen molar-refractivity contribution in [1.29, 1.82) is 5.26 Å². The molecule has 0 saturated carbocycles. The second-order valence-electron chi connectivity index (χ2n) is 1.72. The standard InChI is InChI=1S/C6H4FN3/c7-5-1-4(3-8)2-6(9)10-5/h1-2H,(H2,9,10). The molecule has 0 fully saturated rings. The highest BCUT2D eigenvalue weighted by Crippen LogP contribution is 2.03. The van der Waals surface area contributed by atoms with Crippen molar-refractivity contribution in [2.24, 2.45) is 0 Å². The van der Waals surface area contributed by atoms with E-state index in [1.54, 1.807) is 6.07 Å². The van der Waals surface area contributed by atoms with Gasteiger partial charge in [-0.05, 0) is 6.07 Å². The van der Waals surface area contributed by atoms with Crippen LogP contribution in [0, 0.1) is 17.3 Å². The number of aromatic nitrogens is 1. The molecule has 2 N–H and O–H groups in total. The fraction of sp³-hybridized carbons (Fsp3) is 0. The Morgan fingerprint density at radius 3 is 2.80 bits per heavy atom. The molecule has 3 nitrogen and oxygen atoms in total. The quantitative estimate of drug-likeness (QED) is 0.534. The molecule has 0 spiro atoms. The Morgan fingerprint density at radius 1 is 1.60 bits per heavy atom. The summed E-state index contributed by atoms with van der Waals surface area (Å²) < 4.78 is 12.3. The number of rotatable bonds is 0. The first-order valence-corrected chi connectivity index (χ1v) is 2.55. The summed E-state index contributed by atoms with van der Waals surface area (Å²) in [4.78, 5) is 3.24. The molecule has 0 aliphatic heterocycles. The smallest absolute Gasteiger partial charge is 0.216 e. The van der Waals surface area contributed by atoms with E-state index in [0.717, 1.165) is 6.07 Å². The predicted octanol–water partition coefficient (Wildman–Crippen LogP) is 0.675. The second kappa shape index (κ2) is 2.31. The summed E-state index contributed by atoms with van der Waals surface area (Å²) in [5.41, 5.74) is 5.32. The largest absolute Gasteiger partial charge is 0.384 e. The van der Waals surface area contributed by atoms with Gasteiger partial charge in [-0.2, -0.15) is 9.65 Å². The third-order valence-corrected chi connectivity index (χ3v) is 0.943. The van der Waals surface area contributed by atoms with Crippen molar-refractivity contribution in [2.75, 3.05) is 5.73 Å². The Hall–Kier alpha value is -1.63. The maximum atomic E-state index is 12.3. The molecule has 0 unspecified atom stereocenters. The summed E-state index contributed by atoms with van der Waals surface area (Å²) in [6, 6.07) is 4.08. The first kappa shape index (κ1) is 6.49. The highest BCUT2D eigenvalue weighted by Gasteiger charge is 1.96. The number of nitrogens with zero attached hydrogens (tertiary/aromatic N) is 2. The van der Waals surface area contributed by atoms with Crippen LogP contribution in [-0.4, -0.2) is 4.98 Å². The zero-order valence-electron chi connectivity index (χ0n) is 5.00. The molecule has 0 amide bonds. The van der Waals surface area contributed by atoms with Crippen LogP contribution in [0.2, 0.25) is 0 Å². The number of anilines is 1. The summed E-state index contributed by atoms with van der Waals surface area (Å²) in [5, 5.41) is 8.29. The van der Waals surface area contributed by atoms with Crippen LogP contribution in [0.5, 0.6) is 0 Å². The van der Waals surface area contributed by atoms with Crippen molar-refractivity contribution in [3.05, 3.63) is 23.6 Å². The molecule has 1 aromatic heterocycles. The molecule has 0 atom stereocenters. The van der Waals surface area contributed by atoms with Crippen LogP contribution in [-0.2, 0) is 0 Å². The van der Waals surface area contributed by atoms with E-state index in [9.17, 15) is 4.39 Å². The Balaban J connectivity index is 3.22. The number of hydrogen-bond acceptors (Lipinski definition) is 3. The lowest BCUT2D eigenvalue weighted by atomic mass is 10.3. The number of nitrogens with two attached hydrogens (primary N) is 1. The number of hydrogen-bond donors (Lipinski definition) is 1. The van der Waals surface area contributed by atoms with Gasteiger partial charge in [0.05, 0.1) is 11.6 Å². The lowest BCUT2D eigenvalue weighted by Crippen LogP contribution is -1.93. The summed E-state index contributed by atoms with van der Waals surface area (Å²) in [7, 11) is 0. The zero-order chi connectivity index (χ0) is 7.56. The van der Waals surface area contributed by atoms with Gasteiger partial charge < -0.3 is 5.73 Å². The molecule has 1 heterocycles. The number of nitrogen functional groups attached to an aromatic ring is 1. The van der Waals surface area contributed by atoms with Gasteiger partial charge in [-0.15, -0.1) is 0 Å². The van der Waals surface area contributed by atoms with Crippen molar-refractivity contribution >= 4 is 5.82 Å². The maximum Gasteiger partial charge on any atom is 0.216 e. The van der Waals surface area contributed by atoms with Crippen molar-refractivity contribution < 1.29 is 4.39 Å². The lowest BCUT2D eigenvalue weighted by molar-refractivity contribution is 0.585. The summed E-state index contributed by atoms with van der Waals surface area (Å²) in [5.74, 6) is -0.701. The molecular formula is C6H4FN3. The highest BCUT2D eigenvalue weighted by molar-refractivity contribution is 5.38. The predicted molar refractivity (Wildman–Crippen MR) is 33.3 cm³/mol. The third kappa shape index (κ3) is 1.20. The van der Waals surface area contributed by atoms with E-state index >= 15 is 0 Å². The first-order chi connectivity index (χ1) is 4.72. The molecule has 0 aliphatic carbocycles. The zero-order valence-corrected chi connectivity index (χ0v) is 5.00. The van der Waals surface area contributed by atoms with E-state index in [-0.39, 0.29) is 11.4 Å². The van der Waals surface area contributed by atoms with E-state index < -0.39 is 5.95 Å². The Labute approximate surface area is 56.9 Å². The van der Waals surface area contributed by atoms with Crippen LogP contribution in [0.4, 0.5) is 10.2 Å². The van der Waals surface area contributed by atoms with Gasteiger partial charge in [0.15, 0.2) is 0 Å². The van der Waals surface area contributed by atoms with E-state index in [0.29, 0.717) is 0 Å². The molecule has 4 heteroatoms. The normalized spacial score (nSPS) is 8.80. The minimum atomic E-state index is -0.725. The van der Waals surface area contributed by atoms with Gasteiger partial charge in [0.1, 0.15) is 5.82 Å². The maximum absolute atomic E-state index is 12.3. The molecule has 0 aliphatic rings. The molecule has 1 rings (SSSR count). The van der Waals surface area contributed by atoms with Crippen molar-refractivity contribution in [1.82, 2.24) is 4.98 Å². The SMILES string of the molecule is N#Cc1cc(N)nc(F)c1.